The Morgan fingerprint density at radius 3 is 2.63 bits per heavy atom. The Bertz CT molecular complexity index is 404. The molecular weight excluding hydrogens is 238 g/mol. The molecule has 0 amide bonds. The molecule has 0 saturated heterocycles. The lowest BCUT2D eigenvalue weighted by atomic mass is 9.83. The van der Waals surface area contributed by atoms with Crippen molar-refractivity contribution >= 4 is 5.97 Å². The van der Waals surface area contributed by atoms with Crippen LogP contribution in [0.25, 0.3) is 0 Å². The number of carboxylic acids is 1. The Labute approximate surface area is 115 Å². The van der Waals surface area contributed by atoms with E-state index in [1.807, 2.05) is 6.07 Å². The third-order valence-electron chi connectivity index (χ3n) is 4.21. The maximum Gasteiger partial charge on any atom is 0.308 e. The molecule has 1 saturated carbocycles. The standard InChI is InChI=1S/C16H23NO2/c1-17(12-11-13-7-3-2-4-8-13)15-10-6-5-9-14(15)16(18)19/h2-4,7-8,14-15H,5-6,9-12H2,1H3,(H,18,19). The minimum absolute atomic E-state index is 0.186. The monoisotopic (exact) mass is 261 g/mol. The second-order valence-corrected chi connectivity index (χ2v) is 5.51. The van der Waals surface area contributed by atoms with Gasteiger partial charge in [0.25, 0.3) is 0 Å². The lowest BCUT2D eigenvalue weighted by Gasteiger charge is -2.35. The first-order chi connectivity index (χ1) is 9.18. The third kappa shape index (κ3) is 3.80. The summed E-state index contributed by atoms with van der Waals surface area (Å²) in [5.41, 5.74) is 1.32. The molecule has 1 aromatic carbocycles. The van der Waals surface area contributed by atoms with E-state index in [0.717, 1.165) is 38.6 Å². The summed E-state index contributed by atoms with van der Waals surface area (Å²) in [4.78, 5) is 13.6. The Morgan fingerprint density at radius 1 is 1.26 bits per heavy atom. The minimum Gasteiger partial charge on any atom is -0.481 e. The lowest BCUT2D eigenvalue weighted by molar-refractivity contribution is -0.145. The zero-order valence-electron chi connectivity index (χ0n) is 11.6. The maximum absolute atomic E-state index is 11.3. The summed E-state index contributed by atoms with van der Waals surface area (Å²) in [5, 5.41) is 9.32. The highest BCUT2D eigenvalue weighted by molar-refractivity contribution is 5.71. The molecule has 0 heterocycles. The van der Waals surface area contributed by atoms with Crippen molar-refractivity contribution in [2.45, 2.75) is 38.1 Å². The first-order valence-electron chi connectivity index (χ1n) is 7.15. The number of benzene rings is 1. The van der Waals surface area contributed by atoms with Crippen molar-refractivity contribution in [2.75, 3.05) is 13.6 Å². The summed E-state index contributed by atoms with van der Waals surface area (Å²) < 4.78 is 0. The molecule has 1 N–H and O–H groups in total. The van der Waals surface area contributed by atoms with Crippen LogP contribution in [0.4, 0.5) is 0 Å². The summed E-state index contributed by atoms with van der Waals surface area (Å²) in [6, 6.07) is 10.6. The fourth-order valence-electron chi connectivity index (χ4n) is 3.04. The van der Waals surface area contributed by atoms with Crippen molar-refractivity contribution in [2.24, 2.45) is 5.92 Å². The average Bonchev–Trinajstić information content (AvgIpc) is 2.46. The fourth-order valence-corrected chi connectivity index (χ4v) is 3.04. The predicted molar refractivity (Wildman–Crippen MR) is 76.2 cm³/mol. The summed E-state index contributed by atoms with van der Waals surface area (Å²) in [7, 11) is 2.06. The molecule has 2 atom stereocenters. The van der Waals surface area contributed by atoms with Crippen LogP contribution in [0.1, 0.15) is 31.2 Å². The van der Waals surface area contributed by atoms with Crippen LogP contribution in [0, 0.1) is 5.92 Å². The van der Waals surface area contributed by atoms with Gasteiger partial charge in [-0.1, -0.05) is 43.2 Å². The molecule has 0 aliphatic heterocycles. The highest BCUT2D eigenvalue weighted by Gasteiger charge is 2.32. The Morgan fingerprint density at radius 2 is 1.95 bits per heavy atom. The highest BCUT2D eigenvalue weighted by atomic mass is 16.4. The highest BCUT2D eigenvalue weighted by Crippen LogP contribution is 2.28. The average molecular weight is 261 g/mol. The van der Waals surface area contributed by atoms with Crippen molar-refractivity contribution in [3.05, 3.63) is 35.9 Å². The summed E-state index contributed by atoms with van der Waals surface area (Å²) >= 11 is 0. The van der Waals surface area contributed by atoms with Gasteiger partial charge < -0.3 is 10.0 Å². The fraction of sp³-hybridized carbons (Fsp3) is 0.562. The van der Waals surface area contributed by atoms with Gasteiger partial charge in [-0.25, -0.2) is 0 Å². The number of aliphatic carboxylic acids is 1. The molecular formula is C16H23NO2. The SMILES string of the molecule is CN(CCc1ccccc1)C1CCCCC1C(=O)O. The Balaban J connectivity index is 1.90. The second kappa shape index (κ2) is 6.71. The number of hydrogen-bond acceptors (Lipinski definition) is 2. The molecule has 0 aromatic heterocycles. The largest absolute Gasteiger partial charge is 0.481 e. The molecule has 3 heteroatoms. The molecule has 1 aromatic rings. The van der Waals surface area contributed by atoms with Crippen LogP contribution >= 0.6 is 0 Å². The van der Waals surface area contributed by atoms with Gasteiger partial charge in [-0.15, -0.1) is 0 Å². The van der Waals surface area contributed by atoms with E-state index in [0.29, 0.717) is 0 Å². The van der Waals surface area contributed by atoms with Gasteiger partial charge in [0.2, 0.25) is 0 Å². The number of likely N-dealkylation sites (N-methyl/N-ethyl adjacent to an activating group) is 1. The minimum atomic E-state index is -0.628. The van der Waals surface area contributed by atoms with Gasteiger partial charge >= 0.3 is 5.97 Å². The first-order valence-corrected chi connectivity index (χ1v) is 7.15. The van der Waals surface area contributed by atoms with Gasteiger partial charge in [-0.05, 0) is 31.9 Å². The zero-order valence-corrected chi connectivity index (χ0v) is 11.6. The smallest absolute Gasteiger partial charge is 0.308 e. The quantitative estimate of drug-likeness (QED) is 0.886. The van der Waals surface area contributed by atoms with Gasteiger partial charge in [0.15, 0.2) is 0 Å². The number of hydrogen-bond donors (Lipinski definition) is 1. The Kier molecular flexibility index (Phi) is 4.97. The number of carbonyl (C=O) groups is 1. The topological polar surface area (TPSA) is 40.5 Å². The van der Waals surface area contributed by atoms with Crippen LogP contribution in [0.3, 0.4) is 0 Å². The molecule has 2 rings (SSSR count). The van der Waals surface area contributed by atoms with Gasteiger partial charge in [0, 0.05) is 12.6 Å². The molecule has 1 aliphatic carbocycles. The van der Waals surface area contributed by atoms with E-state index in [9.17, 15) is 9.90 Å². The second-order valence-electron chi connectivity index (χ2n) is 5.51. The van der Waals surface area contributed by atoms with E-state index < -0.39 is 5.97 Å². The van der Waals surface area contributed by atoms with Gasteiger partial charge in [-0.3, -0.25) is 4.79 Å². The number of rotatable bonds is 5. The molecule has 2 unspecified atom stereocenters. The molecule has 0 radical (unpaired) electrons. The molecule has 1 fully saturated rings. The third-order valence-corrected chi connectivity index (χ3v) is 4.21. The van der Waals surface area contributed by atoms with Gasteiger partial charge in [0.05, 0.1) is 5.92 Å². The molecule has 0 spiro atoms. The van der Waals surface area contributed by atoms with Crippen LogP contribution < -0.4 is 0 Å². The van der Waals surface area contributed by atoms with Crippen LogP contribution in [0.15, 0.2) is 30.3 Å². The van der Waals surface area contributed by atoms with E-state index in [4.69, 9.17) is 0 Å². The maximum atomic E-state index is 11.3. The predicted octanol–water partition coefficient (Wildman–Crippen LogP) is 2.80. The van der Waals surface area contributed by atoms with Crippen molar-refractivity contribution in [3.8, 4) is 0 Å². The van der Waals surface area contributed by atoms with E-state index in [2.05, 4.69) is 36.2 Å². The molecule has 19 heavy (non-hydrogen) atoms. The van der Waals surface area contributed by atoms with Crippen LogP contribution in [-0.4, -0.2) is 35.6 Å². The first kappa shape index (κ1) is 14.1. The lowest BCUT2D eigenvalue weighted by Crippen LogP contribution is -2.44. The van der Waals surface area contributed by atoms with E-state index in [1.54, 1.807) is 0 Å². The summed E-state index contributed by atoms with van der Waals surface area (Å²) in [6.45, 7) is 0.929. The Hall–Kier alpha value is -1.35. The van der Waals surface area contributed by atoms with E-state index in [1.165, 1.54) is 5.56 Å². The summed E-state index contributed by atoms with van der Waals surface area (Å²) in [5.74, 6) is -0.814. The molecule has 1 aliphatic rings. The van der Waals surface area contributed by atoms with E-state index in [-0.39, 0.29) is 12.0 Å². The van der Waals surface area contributed by atoms with Crippen LogP contribution in [-0.2, 0) is 11.2 Å². The number of carboxylic acid groups (broad SMARTS) is 1. The van der Waals surface area contributed by atoms with Crippen molar-refractivity contribution in [3.63, 3.8) is 0 Å². The van der Waals surface area contributed by atoms with Crippen molar-refractivity contribution in [1.82, 2.24) is 4.90 Å². The van der Waals surface area contributed by atoms with E-state index >= 15 is 0 Å². The molecule has 3 nitrogen and oxygen atoms in total. The normalized spacial score (nSPS) is 23.5. The molecule has 104 valence electrons. The van der Waals surface area contributed by atoms with Crippen LogP contribution in [0.5, 0.6) is 0 Å². The van der Waals surface area contributed by atoms with Gasteiger partial charge in [-0.2, -0.15) is 0 Å². The molecule has 0 bridgehead atoms. The number of nitrogens with zero attached hydrogens (tertiary/aromatic N) is 1. The van der Waals surface area contributed by atoms with Crippen molar-refractivity contribution in [1.29, 1.82) is 0 Å². The zero-order chi connectivity index (χ0) is 13.7. The van der Waals surface area contributed by atoms with Crippen molar-refractivity contribution < 1.29 is 9.90 Å². The van der Waals surface area contributed by atoms with Gasteiger partial charge in [0.1, 0.15) is 0 Å². The van der Waals surface area contributed by atoms with Crippen LogP contribution in [0.2, 0.25) is 0 Å². The summed E-state index contributed by atoms with van der Waals surface area (Å²) in [6.07, 6.45) is 5.04.